The van der Waals surface area contributed by atoms with Gasteiger partial charge in [0, 0.05) is 23.6 Å². The molecule has 0 aliphatic heterocycles. The highest BCUT2D eigenvalue weighted by molar-refractivity contribution is 6.31. The van der Waals surface area contributed by atoms with Crippen molar-refractivity contribution in [2.75, 3.05) is 5.73 Å². The zero-order chi connectivity index (χ0) is 15.4. The Balaban J connectivity index is 1.99. The third-order valence-corrected chi connectivity index (χ3v) is 4.06. The van der Waals surface area contributed by atoms with E-state index in [1.165, 1.54) is 0 Å². The van der Waals surface area contributed by atoms with Crippen molar-refractivity contribution >= 4 is 23.1 Å². The Morgan fingerprint density at radius 1 is 1.24 bits per heavy atom. The molecule has 0 saturated heterocycles. The van der Waals surface area contributed by atoms with Crippen LogP contribution < -0.4 is 5.73 Å². The number of ketones is 1. The van der Waals surface area contributed by atoms with Crippen LogP contribution in [0, 0.1) is 6.92 Å². The van der Waals surface area contributed by atoms with Gasteiger partial charge in [-0.2, -0.15) is 0 Å². The quantitative estimate of drug-likeness (QED) is 0.824. The predicted molar refractivity (Wildman–Crippen MR) is 88.8 cm³/mol. The Kier molecular flexibility index (Phi) is 5.03. The molecule has 0 spiro atoms. The lowest BCUT2D eigenvalue weighted by Crippen LogP contribution is -2.08. The number of carbonyl (C=O) groups excluding carboxylic acids is 1. The standard InChI is InChI=1S/C18H20ClNO/c1-12-6-7-14(10-18(12)19)9-17(21)8-13(2)15-4-3-5-16(20)11-15/h3-7,10-11,13H,8-9,20H2,1-2H3. The lowest BCUT2D eigenvalue weighted by atomic mass is 9.93. The molecule has 0 aromatic heterocycles. The molecule has 110 valence electrons. The van der Waals surface area contributed by atoms with Crippen LogP contribution in [0.2, 0.25) is 5.02 Å². The molecule has 0 radical (unpaired) electrons. The number of carbonyl (C=O) groups is 1. The van der Waals surface area contributed by atoms with Crippen molar-refractivity contribution in [3.05, 3.63) is 64.2 Å². The molecule has 3 heteroatoms. The maximum absolute atomic E-state index is 12.2. The van der Waals surface area contributed by atoms with Crippen LogP contribution in [-0.4, -0.2) is 5.78 Å². The summed E-state index contributed by atoms with van der Waals surface area (Å²) in [5.41, 5.74) is 9.61. The van der Waals surface area contributed by atoms with Gasteiger partial charge in [0.1, 0.15) is 5.78 Å². The molecule has 0 aliphatic rings. The fourth-order valence-electron chi connectivity index (χ4n) is 2.37. The van der Waals surface area contributed by atoms with E-state index >= 15 is 0 Å². The molecular formula is C18H20ClNO. The topological polar surface area (TPSA) is 43.1 Å². The molecule has 2 aromatic carbocycles. The van der Waals surface area contributed by atoms with Crippen molar-refractivity contribution in [2.45, 2.75) is 32.6 Å². The van der Waals surface area contributed by atoms with E-state index in [0.29, 0.717) is 17.9 Å². The first-order valence-corrected chi connectivity index (χ1v) is 7.45. The fraction of sp³-hybridized carbons (Fsp3) is 0.278. The zero-order valence-electron chi connectivity index (χ0n) is 12.4. The molecule has 1 atom stereocenters. The van der Waals surface area contributed by atoms with E-state index in [1.807, 2.05) is 49.4 Å². The zero-order valence-corrected chi connectivity index (χ0v) is 13.2. The molecule has 0 bridgehead atoms. The second kappa shape index (κ2) is 6.77. The molecule has 2 N–H and O–H groups in total. The van der Waals surface area contributed by atoms with Crippen LogP contribution in [0.5, 0.6) is 0 Å². The Morgan fingerprint density at radius 3 is 2.67 bits per heavy atom. The van der Waals surface area contributed by atoms with E-state index in [9.17, 15) is 4.79 Å². The second-order valence-corrected chi connectivity index (χ2v) is 5.98. The van der Waals surface area contributed by atoms with E-state index < -0.39 is 0 Å². The maximum atomic E-state index is 12.2. The van der Waals surface area contributed by atoms with Crippen LogP contribution in [0.4, 0.5) is 5.69 Å². The molecular weight excluding hydrogens is 282 g/mol. The lowest BCUT2D eigenvalue weighted by molar-refractivity contribution is -0.118. The average molecular weight is 302 g/mol. The smallest absolute Gasteiger partial charge is 0.137 e. The van der Waals surface area contributed by atoms with Crippen molar-refractivity contribution in [2.24, 2.45) is 0 Å². The largest absolute Gasteiger partial charge is 0.399 e. The highest BCUT2D eigenvalue weighted by atomic mass is 35.5. The Morgan fingerprint density at radius 2 is 2.00 bits per heavy atom. The van der Waals surface area contributed by atoms with E-state index in [4.69, 9.17) is 17.3 Å². The number of nitrogen functional groups attached to an aromatic ring is 1. The Hall–Kier alpha value is -1.80. The number of hydrogen-bond donors (Lipinski definition) is 1. The summed E-state index contributed by atoms with van der Waals surface area (Å²) >= 11 is 6.09. The van der Waals surface area contributed by atoms with Gasteiger partial charge in [-0.15, -0.1) is 0 Å². The number of anilines is 1. The monoisotopic (exact) mass is 301 g/mol. The third kappa shape index (κ3) is 4.33. The molecule has 2 aromatic rings. The molecule has 0 heterocycles. The van der Waals surface area contributed by atoms with Gasteiger partial charge in [-0.3, -0.25) is 4.79 Å². The third-order valence-electron chi connectivity index (χ3n) is 3.65. The van der Waals surface area contributed by atoms with Crippen molar-refractivity contribution in [1.29, 1.82) is 0 Å². The first-order valence-electron chi connectivity index (χ1n) is 7.08. The van der Waals surface area contributed by atoms with Crippen LogP contribution in [0.25, 0.3) is 0 Å². The lowest BCUT2D eigenvalue weighted by Gasteiger charge is -2.12. The van der Waals surface area contributed by atoms with Gasteiger partial charge in [-0.25, -0.2) is 0 Å². The first-order chi connectivity index (χ1) is 9.95. The minimum atomic E-state index is 0.168. The number of halogens is 1. The van der Waals surface area contributed by atoms with Gasteiger partial charge in [0.2, 0.25) is 0 Å². The molecule has 0 aliphatic carbocycles. The summed E-state index contributed by atoms with van der Waals surface area (Å²) < 4.78 is 0. The molecule has 0 fully saturated rings. The summed E-state index contributed by atoms with van der Waals surface area (Å²) in [7, 11) is 0. The highest BCUT2D eigenvalue weighted by Gasteiger charge is 2.12. The van der Waals surface area contributed by atoms with Gasteiger partial charge < -0.3 is 5.73 Å². The van der Waals surface area contributed by atoms with Crippen LogP contribution >= 0.6 is 11.6 Å². The fourth-order valence-corrected chi connectivity index (χ4v) is 2.57. The summed E-state index contributed by atoms with van der Waals surface area (Å²) in [5.74, 6) is 0.381. The van der Waals surface area contributed by atoms with Crippen molar-refractivity contribution in [1.82, 2.24) is 0 Å². The van der Waals surface area contributed by atoms with Gasteiger partial charge in [0.25, 0.3) is 0 Å². The molecule has 0 amide bonds. The highest BCUT2D eigenvalue weighted by Crippen LogP contribution is 2.23. The summed E-state index contributed by atoms with van der Waals surface area (Å²) in [6.45, 7) is 4.00. The van der Waals surface area contributed by atoms with Gasteiger partial charge in [0.15, 0.2) is 0 Å². The van der Waals surface area contributed by atoms with Crippen molar-refractivity contribution < 1.29 is 4.79 Å². The molecule has 2 rings (SSSR count). The molecule has 1 unspecified atom stereocenters. The van der Waals surface area contributed by atoms with Gasteiger partial charge >= 0.3 is 0 Å². The number of nitrogens with two attached hydrogens (primary N) is 1. The Labute approximate surface area is 130 Å². The van der Waals surface area contributed by atoms with Gasteiger partial charge in [-0.1, -0.05) is 42.8 Å². The van der Waals surface area contributed by atoms with Crippen molar-refractivity contribution in [3.8, 4) is 0 Å². The molecule has 0 saturated carbocycles. The van der Waals surface area contributed by atoms with Crippen LogP contribution in [0.15, 0.2) is 42.5 Å². The molecule has 2 nitrogen and oxygen atoms in total. The van der Waals surface area contributed by atoms with Gasteiger partial charge in [-0.05, 0) is 47.7 Å². The minimum absolute atomic E-state index is 0.168. The maximum Gasteiger partial charge on any atom is 0.137 e. The average Bonchev–Trinajstić information content (AvgIpc) is 2.43. The SMILES string of the molecule is Cc1ccc(CC(=O)CC(C)c2cccc(N)c2)cc1Cl. The number of Topliss-reactive ketones (excluding diaryl/α,β-unsaturated/α-hetero) is 1. The first kappa shape index (κ1) is 15.6. The van der Waals surface area contributed by atoms with E-state index in [1.54, 1.807) is 0 Å². The number of benzene rings is 2. The summed E-state index contributed by atoms with van der Waals surface area (Å²) in [6.07, 6.45) is 0.932. The number of hydrogen-bond acceptors (Lipinski definition) is 2. The van der Waals surface area contributed by atoms with Gasteiger partial charge in [0.05, 0.1) is 0 Å². The summed E-state index contributed by atoms with van der Waals surface area (Å²) in [5, 5.41) is 0.712. The summed E-state index contributed by atoms with van der Waals surface area (Å²) in [4.78, 5) is 12.2. The normalized spacial score (nSPS) is 12.1. The van der Waals surface area contributed by atoms with Crippen molar-refractivity contribution in [3.63, 3.8) is 0 Å². The predicted octanol–water partition coefficient (Wildman–Crippen LogP) is 4.54. The number of aryl methyl sites for hydroxylation is 1. The number of rotatable bonds is 5. The van der Waals surface area contributed by atoms with E-state index in [2.05, 4.69) is 6.92 Å². The van der Waals surface area contributed by atoms with Crippen LogP contribution in [-0.2, 0) is 11.2 Å². The Bertz CT molecular complexity index is 651. The van der Waals surface area contributed by atoms with E-state index in [-0.39, 0.29) is 11.7 Å². The molecule has 21 heavy (non-hydrogen) atoms. The van der Waals surface area contributed by atoms with Crippen LogP contribution in [0.1, 0.15) is 36.0 Å². The minimum Gasteiger partial charge on any atom is -0.399 e. The van der Waals surface area contributed by atoms with E-state index in [0.717, 1.165) is 22.4 Å². The van der Waals surface area contributed by atoms with Crippen LogP contribution in [0.3, 0.4) is 0 Å². The second-order valence-electron chi connectivity index (χ2n) is 5.57. The summed E-state index contributed by atoms with van der Waals surface area (Å²) in [6, 6.07) is 13.5.